The average Bonchev–Trinajstić information content (AvgIpc) is 2.83. The summed E-state index contributed by atoms with van der Waals surface area (Å²) < 4.78 is 4.22. The van der Waals surface area contributed by atoms with E-state index in [1.807, 2.05) is 12.4 Å². The number of hydrogen-bond donors (Lipinski definition) is 0. The molecule has 7 heteroatoms. The predicted octanol–water partition coefficient (Wildman–Crippen LogP) is 4.72. The summed E-state index contributed by atoms with van der Waals surface area (Å²) in [7, 11) is 11.2. The summed E-state index contributed by atoms with van der Waals surface area (Å²) in [6.45, 7) is 13.5. The zero-order valence-corrected chi connectivity index (χ0v) is 23.2. The Morgan fingerprint density at radius 1 is 0.724 bits per heavy atom. The van der Waals surface area contributed by atoms with Gasteiger partial charge < -0.3 is 0 Å². The van der Waals surface area contributed by atoms with E-state index in [9.17, 15) is 0 Å². The maximum absolute atomic E-state index is 7.09. The third-order valence-corrected chi connectivity index (χ3v) is 14.0. The third-order valence-electron chi connectivity index (χ3n) is 4.25. The number of benzene rings is 1. The van der Waals surface area contributed by atoms with E-state index in [0.29, 0.717) is 0 Å². The summed E-state index contributed by atoms with van der Waals surface area (Å²) in [5, 5.41) is 2.25. The first-order chi connectivity index (χ1) is 13.4. The molecule has 3 heterocycles. The molecule has 0 aliphatic carbocycles. The van der Waals surface area contributed by atoms with Crippen molar-refractivity contribution in [3.63, 3.8) is 0 Å². The fourth-order valence-corrected chi connectivity index (χ4v) is 11.0. The summed E-state index contributed by atoms with van der Waals surface area (Å²) >= 11 is -3.51. The van der Waals surface area contributed by atoms with Gasteiger partial charge in [0.15, 0.2) is 0 Å². The van der Waals surface area contributed by atoms with Crippen LogP contribution in [0.15, 0.2) is 35.7 Å². The molecule has 0 spiro atoms. The molecule has 3 aliphatic rings. The zero-order chi connectivity index (χ0) is 21.2. The van der Waals surface area contributed by atoms with E-state index in [1.54, 1.807) is 0 Å². The van der Waals surface area contributed by atoms with Crippen LogP contribution in [0.1, 0.15) is 0 Å². The van der Waals surface area contributed by atoms with Crippen molar-refractivity contribution in [3.05, 3.63) is 46.1 Å². The van der Waals surface area contributed by atoms with Crippen molar-refractivity contribution in [3.8, 4) is 22.9 Å². The summed E-state index contributed by atoms with van der Waals surface area (Å²) in [5.41, 5.74) is 11.1. The SMILES string of the molecule is C[Si](C)(C)C#CC1=C[N]2c3c4c(ccc3=C1)=CC(C#C[Si](C)(C)C)=C[N]4[Pt]2([Cl])[Cl]. The molecular weight excluding hydrogens is 614 g/mol. The molecule has 4 rings (SSSR count). The fraction of sp³-hybridized carbons (Fsp3) is 0.273. The number of nitrogens with zero attached hydrogens (tertiary/aromatic N) is 2. The van der Waals surface area contributed by atoms with E-state index in [2.05, 4.69) is 93.4 Å². The second-order valence-corrected chi connectivity index (χ2v) is 29.7. The van der Waals surface area contributed by atoms with Gasteiger partial charge in [-0.15, -0.1) is 0 Å². The summed E-state index contributed by atoms with van der Waals surface area (Å²) in [6, 6.07) is 4.29. The van der Waals surface area contributed by atoms with Gasteiger partial charge in [0.05, 0.1) is 0 Å². The van der Waals surface area contributed by atoms with Gasteiger partial charge in [0.2, 0.25) is 0 Å². The van der Waals surface area contributed by atoms with Crippen molar-refractivity contribution in [2.45, 2.75) is 39.3 Å². The van der Waals surface area contributed by atoms with Crippen LogP contribution in [0.4, 0.5) is 11.4 Å². The maximum atomic E-state index is 7.09. The van der Waals surface area contributed by atoms with Gasteiger partial charge >= 0.3 is 188 Å². The molecule has 1 aromatic rings. The summed E-state index contributed by atoms with van der Waals surface area (Å²) in [6.07, 6.45) is 8.40. The van der Waals surface area contributed by atoms with Crippen LogP contribution in [-0.4, -0.2) is 16.1 Å². The third kappa shape index (κ3) is 4.07. The molecule has 0 saturated heterocycles. The number of allylic oxidation sites excluding steroid dienone is 2. The molecule has 29 heavy (non-hydrogen) atoms. The van der Waals surface area contributed by atoms with E-state index >= 15 is 0 Å². The van der Waals surface area contributed by atoms with Crippen molar-refractivity contribution in [2.24, 2.45) is 0 Å². The molecule has 0 aromatic heterocycles. The van der Waals surface area contributed by atoms with Crippen LogP contribution in [0.2, 0.25) is 39.3 Å². The molecule has 154 valence electrons. The first kappa shape index (κ1) is 21.1. The van der Waals surface area contributed by atoms with Crippen molar-refractivity contribution in [2.75, 3.05) is 6.92 Å². The van der Waals surface area contributed by atoms with Crippen LogP contribution < -0.4 is 17.4 Å². The molecule has 1 aromatic carbocycles. The molecule has 3 aliphatic heterocycles. The number of halogens is 2. The second kappa shape index (κ2) is 6.95. The standard InChI is InChI=1S/C22H24N2Si2.2ClH.Pt/c1-25(2,3)11-9-17-13-19-7-8-20-14-18(10-12-26(4,5)6)16-24-22(20)21(19)23-15-17;;;/h7-8,13-16H,1-6H3;2*1H;/q-2;;;+4/p-2. The van der Waals surface area contributed by atoms with Crippen LogP contribution in [0.3, 0.4) is 0 Å². The normalized spacial score (nSPS) is 19.3. The van der Waals surface area contributed by atoms with Crippen LogP contribution in [0.5, 0.6) is 0 Å². The van der Waals surface area contributed by atoms with Gasteiger partial charge in [0, 0.05) is 0 Å². The average molecular weight is 639 g/mol. The molecule has 0 fully saturated rings. The van der Waals surface area contributed by atoms with Crippen molar-refractivity contribution in [1.29, 1.82) is 0 Å². The number of hydrogen-bond acceptors (Lipinski definition) is 2. The molecule has 0 radical (unpaired) electrons. The van der Waals surface area contributed by atoms with Crippen molar-refractivity contribution < 1.29 is 14.5 Å². The van der Waals surface area contributed by atoms with Crippen LogP contribution in [0, 0.1) is 22.9 Å². The van der Waals surface area contributed by atoms with Crippen LogP contribution >= 0.6 is 18.8 Å². The van der Waals surface area contributed by atoms with Gasteiger partial charge in [-0.1, -0.05) is 0 Å². The summed E-state index contributed by atoms with van der Waals surface area (Å²) in [4.78, 5) is 0. The van der Waals surface area contributed by atoms with Crippen LogP contribution in [-0.2, 0) is 14.5 Å². The molecule has 2 nitrogen and oxygen atoms in total. The monoisotopic (exact) mass is 637 g/mol. The van der Waals surface area contributed by atoms with E-state index in [-0.39, 0.29) is 0 Å². The van der Waals surface area contributed by atoms with E-state index in [4.69, 9.17) is 18.8 Å². The predicted molar refractivity (Wildman–Crippen MR) is 130 cm³/mol. The van der Waals surface area contributed by atoms with Crippen molar-refractivity contribution in [1.82, 2.24) is 0 Å². The molecule has 0 saturated carbocycles. The molecular formula is C22H24Cl2N2PtSi2. The van der Waals surface area contributed by atoms with Gasteiger partial charge in [-0.2, -0.15) is 0 Å². The Labute approximate surface area is 187 Å². The van der Waals surface area contributed by atoms with Gasteiger partial charge in [0.1, 0.15) is 0 Å². The molecule has 0 atom stereocenters. The Bertz CT molecular complexity index is 1130. The topological polar surface area (TPSA) is 6.48 Å². The van der Waals surface area contributed by atoms with Gasteiger partial charge in [0.25, 0.3) is 0 Å². The number of rotatable bonds is 0. The fourth-order valence-electron chi connectivity index (χ4n) is 3.03. The second-order valence-electron chi connectivity index (χ2n) is 9.28. The Morgan fingerprint density at radius 2 is 1.10 bits per heavy atom. The number of anilines is 2. The van der Waals surface area contributed by atoms with E-state index in [0.717, 1.165) is 33.0 Å². The quantitative estimate of drug-likeness (QED) is 0.300. The summed E-state index contributed by atoms with van der Waals surface area (Å²) in [5.74, 6) is 6.73. The minimum absolute atomic E-state index is 0.973. The Balaban J connectivity index is 1.88. The first-order valence-electron chi connectivity index (χ1n) is 9.38. The zero-order valence-electron chi connectivity index (χ0n) is 17.4. The van der Waals surface area contributed by atoms with Gasteiger partial charge in [-0.25, -0.2) is 0 Å². The molecule has 0 N–H and O–H groups in total. The molecule has 0 bridgehead atoms. The van der Waals surface area contributed by atoms with Gasteiger partial charge in [-0.3, -0.25) is 0 Å². The Morgan fingerprint density at radius 3 is 1.45 bits per heavy atom. The van der Waals surface area contributed by atoms with Crippen LogP contribution in [0.25, 0.3) is 12.2 Å². The van der Waals surface area contributed by atoms with E-state index in [1.165, 1.54) is 0 Å². The Hall–Kier alpha value is -1.14. The Kier molecular flexibility index (Phi) is 5.06. The molecule has 0 unspecified atom stereocenters. The minimum atomic E-state index is -3.51. The van der Waals surface area contributed by atoms with Gasteiger partial charge in [-0.05, 0) is 0 Å². The molecule has 0 amide bonds. The van der Waals surface area contributed by atoms with E-state index < -0.39 is 30.6 Å². The van der Waals surface area contributed by atoms with Crippen molar-refractivity contribution >= 4 is 58.5 Å². The first-order valence-corrected chi connectivity index (χ1v) is 24.0.